The van der Waals surface area contributed by atoms with Crippen molar-refractivity contribution in [2.75, 3.05) is 6.61 Å². The Morgan fingerprint density at radius 2 is 2.36 bits per heavy atom. The molecule has 1 N–H and O–H groups in total. The van der Waals surface area contributed by atoms with Crippen LogP contribution >= 0.6 is 15.9 Å². The molecule has 3 heteroatoms. The molecule has 0 bridgehead atoms. The van der Waals surface area contributed by atoms with Gasteiger partial charge in [-0.15, -0.1) is 0 Å². The number of allylic oxidation sites excluding steroid dienone is 2. The molecule has 0 amide bonds. The lowest BCUT2D eigenvalue weighted by Crippen LogP contribution is -1.89. The minimum atomic E-state index is 0.235. The zero-order valence-corrected chi connectivity index (χ0v) is 9.79. The van der Waals surface area contributed by atoms with Gasteiger partial charge in [0.1, 0.15) is 0 Å². The van der Waals surface area contributed by atoms with Crippen molar-refractivity contribution in [3.05, 3.63) is 34.6 Å². The zero-order valence-electron chi connectivity index (χ0n) is 8.20. The number of aromatic nitrogens is 1. The van der Waals surface area contributed by atoms with Crippen LogP contribution in [0.2, 0.25) is 0 Å². The highest BCUT2D eigenvalue weighted by Crippen LogP contribution is 2.21. The number of nitrogens with zero attached hydrogens (tertiary/aromatic N) is 1. The van der Waals surface area contributed by atoms with E-state index in [2.05, 4.69) is 27.0 Å². The summed E-state index contributed by atoms with van der Waals surface area (Å²) >= 11 is 3.39. The zero-order chi connectivity index (χ0) is 10.4. The molecule has 0 aliphatic heterocycles. The Bertz CT molecular complexity index is 323. The molecule has 1 aromatic heterocycles. The van der Waals surface area contributed by atoms with Gasteiger partial charge in [0.05, 0.1) is 0 Å². The summed E-state index contributed by atoms with van der Waals surface area (Å²) in [4.78, 5) is 4.11. The van der Waals surface area contributed by atoms with Crippen LogP contribution in [0.1, 0.15) is 25.3 Å². The lowest BCUT2D eigenvalue weighted by atomic mass is 10.0. The van der Waals surface area contributed by atoms with Crippen molar-refractivity contribution in [1.82, 2.24) is 4.98 Å². The molecule has 1 heterocycles. The molecule has 0 aliphatic carbocycles. The number of aliphatic hydroxyl groups excluding tert-OH is 1. The molecule has 76 valence electrons. The first kappa shape index (κ1) is 11.4. The van der Waals surface area contributed by atoms with Crippen LogP contribution < -0.4 is 0 Å². The van der Waals surface area contributed by atoms with E-state index in [4.69, 9.17) is 5.11 Å². The third kappa shape index (κ3) is 3.24. The molecule has 0 saturated heterocycles. The third-order valence-electron chi connectivity index (χ3n) is 2.03. The largest absolute Gasteiger partial charge is 0.396 e. The van der Waals surface area contributed by atoms with E-state index in [1.807, 2.05) is 19.2 Å². The lowest BCUT2D eigenvalue weighted by molar-refractivity contribution is 0.290. The second-order valence-corrected chi connectivity index (χ2v) is 3.95. The molecule has 2 nitrogen and oxygen atoms in total. The van der Waals surface area contributed by atoms with Crippen LogP contribution in [-0.2, 0) is 0 Å². The molecule has 14 heavy (non-hydrogen) atoms. The van der Waals surface area contributed by atoms with E-state index in [1.165, 1.54) is 5.57 Å². The molecule has 0 unspecified atom stereocenters. The monoisotopic (exact) mass is 255 g/mol. The van der Waals surface area contributed by atoms with E-state index in [0.29, 0.717) is 0 Å². The second-order valence-electron chi connectivity index (χ2n) is 3.03. The molecule has 0 aliphatic rings. The van der Waals surface area contributed by atoms with Gasteiger partial charge in [0.25, 0.3) is 0 Å². The van der Waals surface area contributed by atoms with Gasteiger partial charge in [-0.1, -0.05) is 6.08 Å². The highest BCUT2D eigenvalue weighted by Gasteiger charge is 2.01. The fourth-order valence-corrected chi connectivity index (χ4v) is 1.68. The summed E-state index contributed by atoms with van der Waals surface area (Å²) in [6, 6.07) is 2.04. The van der Waals surface area contributed by atoms with Crippen LogP contribution in [0.3, 0.4) is 0 Å². The number of halogens is 1. The summed E-state index contributed by atoms with van der Waals surface area (Å²) in [5, 5.41) is 8.76. The van der Waals surface area contributed by atoms with Crippen LogP contribution in [-0.4, -0.2) is 16.7 Å². The van der Waals surface area contributed by atoms with E-state index in [9.17, 15) is 0 Å². The Hall–Kier alpha value is -0.670. The van der Waals surface area contributed by atoms with Gasteiger partial charge in [-0.2, -0.15) is 0 Å². The van der Waals surface area contributed by atoms with Crippen LogP contribution in [0.25, 0.3) is 5.57 Å². The van der Waals surface area contributed by atoms with Crippen LogP contribution in [0, 0.1) is 0 Å². The quantitative estimate of drug-likeness (QED) is 0.898. The fourth-order valence-electron chi connectivity index (χ4n) is 1.31. The molecule has 0 spiro atoms. The van der Waals surface area contributed by atoms with Gasteiger partial charge in [0.15, 0.2) is 0 Å². The van der Waals surface area contributed by atoms with E-state index < -0.39 is 0 Å². The minimum absolute atomic E-state index is 0.235. The fraction of sp³-hybridized carbons (Fsp3) is 0.364. The Labute approximate surface area is 92.8 Å². The highest BCUT2D eigenvalue weighted by molar-refractivity contribution is 9.10. The number of pyridine rings is 1. The second kappa shape index (κ2) is 5.94. The van der Waals surface area contributed by atoms with E-state index in [1.54, 1.807) is 6.20 Å². The molecule has 0 saturated carbocycles. The van der Waals surface area contributed by atoms with Crippen LogP contribution in [0.15, 0.2) is 29.0 Å². The van der Waals surface area contributed by atoms with Crippen molar-refractivity contribution in [2.24, 2.45) is 0 Å². The average molecular weight is 256 g/mol. The first-order valence-electron chi connectivity index (χ1n) is 4.65. The van der Waals surface area contributed by atoms with Crippen LogP contribution in [0.5, 0.6) is 0 Å². The van der Waals surface area contributed by atoms with Gasteiger partial charge in [-0.3, -0.25) is 4.98 Å². The normalized spacial score (nSPS) is 11.8. The van der Waals surface area contributed by atoms with Crippen molar-refractivity contribution < 1.29 is 5.11 Å². The van der Waals surface area contributed by atoms with E-state index in [-0.39, 0.29) is 6.61 Å². The average Bonchev–Trinajstić information content (AvgIpc) is 2.19. The number of rotatable bonds is 4. The Morgan fingerprint density at radius 1 is 1.57 bits per heavy atom. The van der Waals surface area contributed by atoms with Gasteiger partial charge in [-0.25, -0.2) is 0 Å². The van der Waals surface area contributed by atoms with Gasteiger partial charge >= 0.3 is 0 Å². The summed E-state index contributed by atoms with van der Waals surface area (Å²) in [6.45, 7) is 2.24. The molecule has 0 radical (unpaired) electrons. The Balaban J connectivity index is 2.79. The number of aliphatic hydroxyl groups is 1. The molecule has 0 fully saturated rings. The van der Waals surface area contributed by atoms with Gasteiger partial charge in [0, 0.05) is 23.5 Å². The highest BCUT2D eigenvalue weighted by atomic mass is 79.9. The van der Waals surface area contributed by atoms with Crippen molar-refractivity contribution >= 4 is 21.5 Å². The molecule has 0 atom stereocenters. The Kier molecular flexibility index (Phi) is 4.84. The topological polar surface area (TPSA) is 33.1 Å². The molecular weight excluding hydrogens is 242 g/mol. The molecule has 1 aromatic rings. The maximum absolute atomic E-state index is 8.76. The van der Waals surface area contributed by atoms with Crippen molar-refractivity contribution in [1.29, 1.82) is 0 Å². The molecule has 1 rings (SSSR count). The summed E-state index contributed by atoms with van der Waals surface area (Å²) < 4.78 is 0.985. The minimum Gasteiger partial charge on any atom is -0.396 e. The number of hydrogen-bond donors (Lipinski definition) is 1. The van der Waals surface area contributed by atoms with Crippen molar-refractivity contribution in [3.63, 3.8) is 0 Å². The van der Waals surface area contributed by atoms with Gasteiger partial charge < -0.3 is 5.11 Å². The first-order chi connectivity index (χ1) is 6.77. The molecule has 0 aromatic carbocycles. The summed E-state index contributed by atoms with van der Waals surface area (Å²) in [5.74, 6) is 0. The number of hydrogen-bond acceptors (Lipinski definition) is 2. The van der Waals surface area contributed by atoms with Crippen LogP contribution in [0.4, 0.5) is 0 Å². The standard InChI is InChI=1S/C11H14BrNO/c1-2-9(4-3-5-14)10-6-11(12)8-13-7-10/h2,6-8,14H,3-5H2,1H3/b9-2+. The maximum Gasteiger partial charge on any atom is 0.0434 e. The lowest BCUT2D eigenvalue weighted by Gasteiger charge is -2.05. The Morgan fingerprint density at radius 3 is 2.93 bits per heavy atom. The smallest absolute Gasteiger partial charge is 0.0434 e. The maximum atomic E-state index is 8.76. The predicted octanol–water partition coefficient (Wildman–Crippen LogP) is 3.02. The summed E-state index contributed by atoms with van der Waals surface area (Å²) in [7, 11) is 0. The SMILES string of the molecule is C/C=C(\CCCO)c1cncc(Br)c1. The molecular formula is C11H14BrNO. The van der Waals surface area contributed by atoms with E-state index >= 15 is 0 Å². The van der Waals surface area contributed by atoms with Crippen molar-refractivity contribution in [3.8, 4) is 0 Å². The summed E-state index contributed by atoms with van der Waals surface area (Å²) in [6.07, 6.45) is 7.37. The van der Waals surface area contributed by atoms with Crippen molar-refractivity contribution in [2.45, 2.75) is 19.8 Å². The summed E-state index contributed by atoms with van der Waals surface area (Å²) in [5.41, 5.74) is 2.35. The van der Waals surface area contributed by atoms with Gasteiger partial charge in [-0.05, 0) is 52.9 Å². The van der Waals surface area contributed by atoms with Gasteiger partial charge in [0.2, 0.25) is 0 Å². The first-order valence-corrected chi connectivity index (χ1v) is 5.44. The van der Waals surface area contributed by atoms with E-state index in [0.717, 1.165) is 22.9 Å². The predicted molar refractivity (Wildman–Crippen MR) is 61.9 cm³/mol. The third-order valence-corrected chi connectivity index (χ3v) is 2.46.